The number of carbonyl (C=O) groups excluding carboxylic acids is 1. The molecule has 0 spiro atoms. The Morgan fingerprint density at radius 2 is 2.20 bits per heavy atom. The topological polar surface area (TPSA) is 35.5 Å². The minimum atomic E-state index is 0.146. The van der Waals surface area contributed by atoms with E-state index in [1.165, 1.54) is 0 Å². The smallest absolute Gasteiger partial charge is 0.188 e. The first-order chi connectivity index (χ1) is 7.13. The molecule has 0 amide bonds. The van der Waals surface area contributed by atoms with E-state index in [4.69, 9.17) is 9.47 Å². The third kappa shape index (κ3) is 4.01. The summed E-state index contributed by atoms with van der Waals surface area (Å²) in [7, 11) is 1.57. The first kappa shape index (κ1) is 12.2. The molecule has 3 nitrogen and oxygen atoms in total. The van der Waals surface area contributed by atoms with Gasteiger partial charge in [0, 0.05) is 13.5 Å². The summed E-state index contributed by atoms with van der Waals surface area (Å²) in [5.41, 5.74) is 0.971. The van der Waals surface area contributed by atoms with Crippen LogP contribution in [0.3, 0.4) is 0 Å². The van der Waals surface area contributed by atoms with Gasteiger partial charge in [-0.2, -0.15) is 0 Å². The maximum atomic E-state index is 10.9. The van der Waals surface area contributed by atoms with E-state index in [2.05, 4.69) is 15.9 Å². The standard InChI is InChI=1S/C11H13BrO3/c1-8(13)5-9-3-4-11(10(12)6-9)15-7-14-2/h3-4,6H,5,7H2,1-2H3. The maximum absolute atomic E-state index is 10.9. The van der Waals surface area contributed by atoms with Crippen LogP contribution in [0.5, 0.6) is 5.75 Å². The van der Waals surface area contributed by atoms with Gasteiger partial charge in [-0.15, -0.1) is 0 Å². The average Bonchev–Trinajstić information content (AvgIpc) is 2.15. The third-order valence-electron chi connectivity index (χ3n) is 1.78. The fourth-order valence-electron chi connectivity index (χ4n) is 1.18. The van der Waals surface area contributed by atoms with Crippen molar-refractivity contribution in [3.05, 3.63) is 28.2 Å². The van der Waals surface area contributed by atoms with Crippen LogP contribution in [-0.2, 0) is 16.0 Å². The summed E-state index contributed by atoms with van der Waals surface area (Å²) in [6, 6.07) is 5.57. The molecule has 82 valence electrons. The summed E-state index contributed by atoms with van der Waals surface area (Å²) in [5, 5.41) is 0. The highest BCUT2D eigenvalue weighted by atomic mass is 79.9. The normalized spacial score (nSPS) is 10.1. The van der Waals surface area contributed by atoms with E-state index < -0.39 is 0 Å². The monoisotopic (exact) mass is 272 g/mol. The summed E-state index contributed by atoms with van der Waals surface area (Å²) in [6.07, 6.45) is 0.448. The zero-order valence-corrected chi connectivity index (χ0v) is 10.3. The highest BCUT2D eigenvalue weighted by Crippen LogP contribution is 2.26. The van der Waals surface area contributed by atoms with E-state index in [0.29, 0.717) is 12.2 Å². The largest absolute Gasteiger partial charge is 0.466 e. The van der Waals surface area contributed by atoms with Gasteiger partial charge in [0.05, 0.1) is 4.47 Å². The zero-order chi connectivity index (χ0) is 11.3. The maximum Gasteiger partial charge on any atom is 0.188 e. The van der Waals surface area contributed by atoms with Crippen LogP contribution in [0, 0.1) is 0 Å². The molecule has 1 rings (SSSR count). The summed E-state index contributed by atoms with van der Waals surface area (Å²) in [4.78, 5) is 10.9. The van der Waals surface area contributed by atoms with E-state index in [9.17, 15) is 4.79 Å². The number of Topliss-reactive ketones (excluding diaryl/α,β-unsaturated/α-hetero) is 1. The fraction of sp³-hybridized carbons (Fsp3) is 0.364. The molecule has 0 saturated carbocycles. The Bertz CT molecular complexity index is 350. The van der Waals surface area contributed by atoms with Crippen LogP contribution in [-0.4, -0.2) is 19.7 Å². The molecule has 0 heterocycles. The number of hydrogen-bond donors (Lipinski definition) is 0. The highest BCUT2D eigenvalue weighted by Gasteiger charge is 2.04. The van der Waals surface area contributed by atoms with Crippen molar-refractivity contribution in [3.63, 3.8) is 0 Å². The van der Waals surface area contributed by atoms with Gasteiger partial charge < -0.3 is 9.47 Å². The Balaban J connectivity index is 2.74. The number of halogens is 1. The molecular weight excluding hydrogens is 260 g/mol. The molecule has 0 unspecified atom stereocenters. The Morgan fingerprint density at radius 3 is 2.73 bits per heavy atom. The summed E-state index contributed by atoms with van der Waals surface area (Å²) >= 11 is 3.38. The second kappa shape index (κ2) is 5.88. The minimum Gasteiger partial charge on any atom is -0.466 e. The van der Waals surface area contributed by atoms with Gasteiger partial charge in [-0.05, 0) is 40.5 Å². The zero-order valence-electron chi connectivity index (χ0n) is 8.75. The predicted octanol–water partition coefficient (Wildman–Crippen LogP) is 2.56. The molecule has 0 aliphatic heterocycles. The van der Waals surface area contributed by atoms with Crippen LogP contribution >= 0.6 is 15.9 Å². The summed E-state index contributed by atoms with van der Waals surface area (Å²) < 4.78 is 10.9. The quantitative estimate of drug-likeness (QED) is 0.773. The van der Waals surface area contributed by atoms with Crippen LogP contribution in [0.15, 0.2) is 22.7 Å². The van der Waals surface area contributed by atoms with E-state index in [-0.39, 0.29) is 12.6 Å². The van der Waals surface area contributed by atoms with Crippen molar-refractivity contribution in [2.75, 3.05) is 13.9 Å². The third-order valence-corrected chi connectivity index (χ3v) is 2.40. The second-order valence-electron chi connectivity index (χ2n) is 3.19. The SMILES string of the molecule is COCOc1ccc(CC(C)=O)cc1Br. The number of rotatable bonds is 5. The molecule has 15 heavy (non-hydrogen) atoms. The first-order valence-electron chi connectivity index (χ1n) is 4.53. The van der Waals surface area contributed by atoms with Crippen molar-refractivity contribution in [1.29, 1.82) is 0 Å². The molecule has 1 aromatic rings. The van der Waals surface area contributed by atoms with Gasteiger partial charge >= 0.3 is 0 Å². The molecule has 0 bridgehead atoms. The lowest BCUT2D eigenvalue weighted by molar-refractivity contribution is -0.116. The van der Waals surface area contributed by atoms with Crippen LogP contribution in [0.25, 0.3) is 0 Å². The Hall–Kier alpha value is -0.870. The Morgan fingerprint density at radius 1 is 1.47 bits per heavy atom. The Labute approximate surface area is 97.5 Å². The van der Waals surface area contributed by atoms with E-state index in [0.717, 1.165) is 10.0 Å². The summed E-state index contributed by atoms with van der Waals surface area (Å²) in [6.45, 7) is 1.79. The molecule has 0 N–H and O–H groups in total. The molecule has 0 aromatic heterocycles. The molecular formula is C11H13BrO3. The molecule has 0 fully saturated rings. The van der Waals surface area contributed by atoms with Crippen molar-refractivity contribution < 1.29 is 14.3 Å². The van der Waals surface area contributed by atoms with Gasteiger partial charge in [-0.25, -0.2) is 0 Å². The second-order valence-corrected chi connectivity index (χ2v) is 4.05. The number of ether oxygens (including phenoxy) is 2. The van der Waals surface area contributed by atoms with Gasteiger partial charge in [-0.3, -0.25) is 4.79 Å². The van der Waals surface area contributed by atoms with Gasteiger partial charge in [0.1, 0.15) is 11.5 Å². The minimum absolute atomic E-state index is 0.146. The fourth-order valence-corrected chi connectivity index (χ4v) is 1.72. The molecule has 0 aliphatic rings. The van der Waals surface area contributed by atoms with E-state index >= 15 is 0 Å². The molecule has 0 aliphatic carbocycles. The lowest BCUT2D eigenvalue weighted by atomic mass is 10.1. The predicted molar refractivity (Wildman–Crippen MR) is 61.0 cm³/mol. The molecule has 0 saturated heterocycles. The highest BCUT2D eigenvalue weighted by molar-refractivity contribution is 9.10. The summed E-state index contributed by atoms with van der Waals surface area (Å²) in [5.74, 6) is 0.858. The van der Waals surface area contributed by atoms with Gasteiger partial charge in [0.2, 0.25) is 0 Å². The van der Waals surface area contributed by atoms with Crippen molar-refractivity contribution in [1.82, 2.24) is 0 Å². The number of hydrogen-bond acceptors (Lipinski definition) is 3. The lowest BCUT2D eigenvalue weighted by Crippen LogP contribution is -2.01. The molecule has 0 radical (unpaired) electrons. The van der Waals surface area contributed by atoms with Crippen molar-refractivity contribution in [2.45, 2.75) is 13.3 Å². The van der Waals surface area contributed by atoms with Crippen LogP contribution in [0.4, 0.5) is 0 Å². The number of benzene rings is 1. The number of methoxy groups -OCH3 is 1. The van der Waals surface area contributed by atoms with Gasteiger partial charge in [0.15, 0.2) is 6.79 Å². The molecule has 1 aromatic carbocycles. The molecule has 0 atom stereocenters. The van der Waals surface area contributed by atoms with Crippen molar-refractivity contribution in [3.8, 4) is 5.75 Å². The van der Waals surface area contributed by atoms with Crippen LogP contribution in [0.1, 0.15) is 12.5 Å². The van der Waals surface area contributed by atoms with Crippen LogP contribution < -0.4 is 4.74 Å². The Kier molecular flexibility index (Phi) is 4.78. The van der Waals surface area contributed by atoms with Crippen molar-refractivity contribution >= 4 is 21.7 Å². The first-order valence-corrected chi connectivity index (χ1v) is 5.32. The van der Waals surface area contributed by atoms with E-state index in [1.807, 2.05) is 18.2 Å². The lowest BCUT2D eigenvalue weighted by Gasteiger charge is -2.08. The van der Waals surface area contributed by atoms with Crippen molar-refractivity contribution in [2.24, 2.45) is 0 Å². The van der Waals surface area contributed by atoms with Gasteiger partial charge in [0.25, 0.3) is 0 Å². The molecule has 4 heteroatoms. The van der Waals surface area contributed by atoms with Gasteiger partial charge in [-0.1, -0.05) is 6.07 Å². The number of ketones is 1. The van der Waals surface area contributed by atoms with E-state index in [1.54, 1.807) is 14.0 Å². The average molecular weight is 273 g/mol. The number of carbonyl (C=O) groups is 1. The van der Waals surface area contributed by atoms with Crippen LogP contribution in [0.2, 0.25) is 0 Å².